The van der Waals surface area contributed by atoms with Crippen LogP contribution in [0.4, 0.5) is 0 Å². The second-order valence-electron chi connectivity index (χ2n) is 6.01. The Bertz CT molecular complexity index is 306. The van der Waals surface area contributed by atoms with Crippen LogP contribution in [0.15, 0.2) is 23.3 Å². The minimum Gasteiger partial charge on any atom is -0.0813 e. The van der Waals surface area contributed by atoms with Gasteiger partial charge in [0.1, 0.15) is 0 Å². The highest BCUT2D eigenvalue weighted by Gasteiger charge is 2.36. The van der Waals surface area contributed by atoms with Crippen molar-refractivity contribution in [2.24, 2.45) is 17.3 Å². The molecule has 0 aromatic rings. The van der Waals surface area contributed by atoms with E-state index in [2.05, 4.69) is 39.8 Å². The van der Waals surface area contributed by atoms with Gasteiger partial charge in [0.25, 0.3) is 0 Å². The van der Waals surface area contributed by atoms with E-state index in [0.29, 0.717) is 5.41 Å². The third kappa shape index (κ3) is 1.91. The zero-order valence-corrected chi connectivity index (χ0v) is 10.6. The van der Waals surface area contributed by atoms with Gasteiger partial charge in [-0.25, -0.2) is 0 Å². The van der Waals surface area contributed by atoms with Crippen LogP contribution in [-0.4, -0.2) is 0 Å². The molecule has 0 bridgehead atoms. The van der Waals surface area contributed by atoms with Gasteiger partial charge < -0.3 is 0 Å². The van der Waals surface area contributed by atoms with Crippen molar-refractivity contribution in [2.75, 3.05) is 0 Å². The van der Waals surface area contributed by atoms with Crippen LogP contribution in [0.1, 0.15) is 53.4 Å². The highest BCUT2D eigenvalue weighted by molar-refractivity contribution is 5.39. The first-order valence-electron chi connectivity index (χ1n) is 6.42. The van der Waals surface area contributed by atoms with E-state index in [9.17, 15) is 0 Å². The summed E-state index contributed by atoms with van der Waals surface area (Å²) in [4.78, 5) is 0. The number of hydrogen-bond acceptors (Lipinski definition) is 0. The Morgan fingerprint density at radius 2 is 2.07 bits per heavy atom. The molecule has 0 heteroatoms. The monoisotopic (exact) mass is 204 g/mol. The average molecular weight is 204 g/mol. The third-order valence-corrected chi connectivity index (χ3v) is 4.49. The molecule has 0 fully saturated rings. The van der Waals surface area contributed by atoms with Gasteiger partial charge in [-0.1, -0.05) is 38.5 Å². The second kappa shape index (κ2) is 3.81. The van der Waals surface area contributed by atoms with Crippen molar-refractivity contribution < 1.29 is 0 Å². The molecule has 0 saturated carbocycles. The molecule has 0 aliphatic heterocycles. The van der Waals surface area contributed by atoms with E-state index in [4.69, 9.17) is 0 Å². The van der Waals surface area contributed by atoms with Crippen LogP contribution in [0.2, 0.25) is 0 Å². The molecule has 0 spiro atoms. The Labute approximate surface area is 94.5 Å². The van der Waals surface area contributed by atoms with Crippen molar-refractivity contribution in [2.45, 2.75) is 53.4 Å². The highest BCUT2D eigenvalue weighted by Crippen LogP contribution is 2.49. The van der Waals surface area contributed by atoms with Gasteiger partial charge in [0, 0.05) is 0 Å². The Morgan fingerprint density at radius 3 is 2.73 bits per heavy atom. The predicted molar refractivity (Wildman–Crippen MR) is 66.7 cm³/mol. The average Bonchev–Trinajstić information content (AvgIpc) is 2.17. The molecule has 0 saturated heterocycles. The number of fused-ring (bicyclic) bond motifs is 1. The van der Waals surface area contributed by atoms with Gasteiger partial charge in [-0.2, -0.15) is 0 Å². The maximum atomic E-state index is 2.58. The Kier molecular flexibility index (Phi) is 2.79. The lowest BCUT2D eigenvalue weighted by Crippen LogP contribution is -2.29. The van der Waals surface area contributed by atoms with Crippen LogP contribution in [0.3, 0.4) is 0 Å². The van der Waals surface area contributed by atoms with E-state index in [-0.39, 0.29) is 0 Å². The number of allylic oxidation sites excluding steroid dienone is 4. The molecule has 2 aliphatic carbocycles. The molecule has 2 aliphatic rings. The molecule has 15 heavy (non-hydrogen) atoms. The van der Waals surface area contributed by atoms with Crippen LogP contribution in [0.25, 0.3) is 0 Å². The second-order valence-corrected chi connectivity index (χ2v) is 6.01. The maximum absolute atomic E-state index is 2.58. The Hall–Kier alpha value is -0.520. The first kappa shape index (κ1) is 11.0. The number of rotatable bonds is 1. The lowest BCUT2D eigenvalue weighted by atomic mass is 9.63. The molecule has 0 radical (unpaired) electrons. The molecule has 0 aromatic carbocycles. The summed E-state index contributed by atoms with van der Waals surface area (Å²) in [6.07, 6.45) is 10.4. The topological polar surface area (TPSA) is 0 Å². The van der Waals surface area contributed by atoms with Gasteiger partial charge in [-0.3, -0.25) is 0 Å². The fourth-order valence-corrected chi connectivity index (χ4v) is 3.23. The van der Waals surface area contributed by atoms with E-state index >= 15 is 0 Å². The molecule has 0 nitrogen and oxygen atoms in total. The van der Waals surface area contributed by atoms with Crippen LogP contribution >= 0.6 is 0 Å². The molecule has 0 heterocycles. The first-order valence-corrected chi connectivity index (χ1v) is 6.42. The molecule has 2 rings (SSSR count). The summed E-state index contributed by atoms with van der Waals surface area (Å²) in [5.74, 6) is 1.62. The van der Waals surface area contributed by atoms with Crippen LogP contribution in [0.5, 0.6) is 0 Å². The fourth-order valence-electron chi connectivity index (χ4n) is 3.23. The molecular weight excluding hydrogens is 180 g/mol. The summed E-state index contributed by atoms with van der Waals surface area (Å²) in [6.45, 7) is 9.47. The summed E-state index contributed by atoms with van der Waals surface area (Å²) in [5.41, 5.74) is 3.72. The summed E-state index contributed by atoms with van der Waals surface area (Å²) in [6, 6.07) is 0. The summed E-state index contributed by atoms with van der Waals surface area (Å²) < 4.78 is 0. The van der Waals surface area contributed by atoms with Crippen molar-refractivity contribution in [1.82, 2.24) is 0 Å². The lowest BCUT2D eigenvalue weighted by Gasteiger charge is -2.42. The standard InChI is InChI=1S/C15H24/c1-11(2)13-7-9-15(4)8-5-6-12(3)14(15)10-13/h6,10-11,13H,5,7-9H2,1-4H3. The quantitative estimate of drug-likeness (QED) is 0.579. The van der Waals surface area contributed by atoms with Gasteiger partial charge in [-0.05, 0) is 55.4 Å². The Balaban J connectivity index is 2.34. The largest absolute Gasteiger partial charge is 0.0813 e. The van der Waals surface area contributed by atoms with Gasteiger partial charge in [-0.15, -0.1) is 0 Å². The molecule has 2 atom stereocenters. The van der Waals surface area contributed by atoms with Crippen LogP contribution in [0, 0.1) is 17.3 Å². The normalized spacial score (nSPS) is 35.9. The van der Waals surface area contributed by atoms with Gasteiger partial charge >= 0.3 is 0 Å². The molecule has 0 aromatic heterocycles. The van der Waals surface area contributed by atoms with Crippen molar-refractivity contribution in [1.29, 1.82) is 0 Å². The molecule has 0 N–H and O–H groups in total. The smallest absolute Gasteiger partial charge is 0.00726 e. The van der Waals surface area contributed by atoms with E-state index < -0.39 is 0 Å². The summed E-state index contributed by atoms with van der Waals surface area (Å²) in [5, 5.41) is 0. The van der Waals surface area contributed by atoms with Crippen LogP contribution < -0.4 is 0 Å². The van der Waals surface area contributed by atoms with E-state index in [1.54, 1.807) is 11.1 Å². The van der Waals surface area contributed by atoms with Crippen molar-refractivity contribution in [3.8, 4) is 0 Å². The van der Waals surface area contributed by atoms with Gasteiger partial charge in [0.05, 0.1) is 0 Å². The Morgan fingerprint density at radius 1 is 1.33 bits per heavy atom. The summed E-state index contributed by atoms with van der Waals surface area (Å²) in [7, 11) is 0. The molecular formula is C15H24. The van der Waals surface area contributed by atoms with Crippen LogP contribution in [-0.2, 0) is 0 Å². The first-order chi connectivity index (χ1) is 7.03. The van der Waals surface area contributed by atoms with E-state index in [0.717, 1.165) is 11.8 Å². The zero-order valence-electron chi connectivity index (χ0n) is 10.6. The lowest BCUT2D eigenvalue weighted by molar-refractivity contribution is 0.259. The zero-order chi connectivity index (χ0) is 11.1. The SMILES string of the molecule is CC1=CCCC2(C)CCC(C(C)C)C=C12. The van der Waals surface area contributed by atoms with Crippen molar-refractivity contribution in [3.63, 3.8) is 0 Å². The van der Waals surface area contributed by atoms with E-state index in [1.807, 2.05) is 0 Å². The number of hydrogen-bond donors (Lipinski definition) is 0. The van der Waals surface area contributed by atoms with Gasteiger partial charge in [0.2, 0.25) is 0 Å². The molecule has 0 amide bonds. The molecule has 2 unspecified atom stereocenters. The third-order valence-electron chi connectivity index (χ3n) is 4.49. The minimum atomic E-state index is 0.504. The van der Waals surface area contributed by atoms with Crippen molar-refractivity contribution in [3.05, 3.63) is 23.3 Å². The predicted octanol–water partition coefficient (Wildman–Crippen LogP) is 4.73. The van der Waals surface area contributed by atoms with Gasteiger partial charge in [0.15, 0.2) is 0 Å². The highest BCUT2D eigenvalue weighted by atomic mass is 14.4. The summed E-state index contributed by atoms with van der Waals surface area (Å²) >= 11 is 0. The van der Waals surface area contributed by atoms with E-state index in [1.165, 1.54) is 25.7 Å². The molecule has 84 valence electrons. The van der Waals surface area contributed by atoms with Crippen molar-refractivity contribution >= 4 is 0 Å². The fraction of sp³-hybridized carbons (Fsp3) is 0.733. The maximum Gasteiger partial charge on any atom is -0.00726 e. The minimum absolute atomic E-state index is 0.504.